The van der Waals surface area contributed by atoms with Crippen molar-refractivity contribution in [3.63, 3.8) is 0 Å². The number of benzene rings is 3. The van der Waals surface area contributed by atoms with Gasteiger partial charge in [0.05, 0.1) is 17.1 Å². The van der Waals surface area contributed by atoms with Gasteiger partial charge in [0.15, 0.2) is 9.84 Å². The van der Waals surface area contributed by atoms with Crippen LogP contribution in [-0.2, 0) is 34.1 Å². The van der Waals surface area contributed by atoms with Crippen LogP contribution in [0.5, 0.6) is 0 Å². The third kappa shape index (κ3) is 7.02. The van der Waals surface area contributed by atoms with E-state index in [1.165, 1.54) is 24.0 Å². The molecule has 1 aliphatic rings. The molecule has 1 fully saturated rings. The number of hydrogen-bond donors (Lipinski definition) is 1. The lowest BCUT2D eigenvalue weighted by atomic mass is 10.1. The topological polar surface area (TPSA) is 66.5 Å². The Kier molecular flexibility index (Phi) is 7.80. The molecule has 0 saturated heterocycles. The average molecular weight is 477 g/mol. The van der Waals surface area contributed by atoms with Crippen LogP contribution >= 0.6 is 0 Å². The van der Waals surface area contributed by atoms with Gasteiger partial charge in [-0.3, -0.25) is 9.69 Å². The van der Waals surface area contributed by atoms with Crippen molar-refractivity contribution in [2.75, 3.05) is 17.6 Å². The van der Waals surface area contributed by atoms with Gasteiger partial charge in [0.25, 0.3) is 0 Å². The molecule has 3 aromatic carbocycles. The Balaban J connectivity index is 1.32. The summed E-state index contributed by atoms with van der Waals surface area (Å²) in [6.45, 7) is 4.56. The summed E-state index contributed by atoms with van der Waals surface area (Å²) in [6.07, 6.45) is 2.85. The van der Waals surface area contributed by atoms with Crippen LogP contribution < -0.4 is 5.32 Å². The highest BCUT2D eigenvalue weighted by Gasteiger charge is 2.24. The van der Waals surface area contributed by atoms with Gasteiger partial charge in [0.2, 0.25) is 5.91 Å². The van der Waals surface area contributed by atoms with E-state index in [1.54, 1.807) is 31.2 Å². The minimum absolute atomic E-state index is 0.0629. The van der Waals surface area contributed by atoms with Crippen molar-refractivity contribution in [3.05, 3.63) is 95.6 Å². The van der Waals surface area contributed by atoms with E-state index in [2.05, 4.69) is 46.6 Å². The summed E-state index contributed by atoms with van der Waals surface area (Å²) < 4.78 is 23.9. The fourth-order valence-electron chi connectivity index (χ4n) is 4.02. The Labute approximate surface area is 202 Å². The van der Waals surface area contributed by atoms with Gasteiger partial charge in [-0.15, -0.1) is 0 Å². The largest absolute Gasteiger partial charge is 0.326 e. The summed E-state index contributed by atoms with van der Waals surface area (Å²) in [6, 6.07) is 25.2. The summed E-state index contributed by atoms with van der Waals surface area (Å²) in [5, 5.41) is 2.94. The van der Waals surface area contributed by atoms with E-state index in [9.17, 15) is 13.2 Å². The number of anilines is 1. The quantitative estimate of drug-likeness (QED) is 0.419. The number of hydrogen-bond acceptors (Lipinski definition) is 4. The normalized spacial score (nSPS) is 13.7. The van der Waals surface area contributed by atoms with Gasteiger partial charge in [-0.05, 0) is 59.7 Å². The Bertz CT molecular complexity index is 1190. The van der Waals surface area contributed by atoms with Crippen LogP contribution in [0.3, 0.4) is 0 Å². The number of amides is 1. The fourth-order valence-corrected chi connectivity index (χ4v) is 4.90. The van der Waals surface area contributed by atoms with Gasteiger partial charge in [0, 0.05) is 25.3 Å². The molecule has 0 aromatic heterocycles. The molecule has 1 aliphatic carbocycles. The van der Waals surface area contributed by atoms with Gasteiger partial charge >= 0.3 is 0 Å². The molecule has 5 nitrogen and oxygen atoms in total. The van der Waals surface area contributed by atoms with Crippen LogP contribution in [-0.4, -0.2) is 31.5 Å². The Hall–Kier alpha value is -2.96. The van der Waals surface area contributed by atoms with Gasteiger partial charge in [-0.1, -0.05) is 61.5 Å². The Morgan fingerprint density at radius 2 is 1.44 bits per heavy atom. The zero-order chi connectivity index (χ0) is 24.0. The summed E-state index contributed by atoms with van der Waals surface area (Å²) >= 11 is 0. The summed E-state index contributed by atoms with van der Waals surface area (Å²) in [4.78, 5) is 15.3. The Morgan fingerprint density at radius 3 is 2.03 bits per heavy atom. The standard InChI is InChI=1S/C28H32N2O3S/c1-2-34(32,33)27-16-12-22(13-17-27)18-28(31)29-26-14-10-25(11-15-26)21-30(20-24-8-9-24)19-23-6-4-3-5-7-23/h3-7,10-17,24H,2,8-9,18-21H2,1H3,(H,29,31). The number of sulfone groups is 1. The monoisotopic (exact) mass is 476 g/mol. The highest BCUT2D eigenvalue weighted by Crippen LogP contribution is 2.30. The molecule has 3 aromatic rings. The lowest BCUT2D eigenvalue weighted by Crippen LogP contribution is -2.25. The molecule has 0 spiro atoms. The predicted octanol–water partition coefficient (Wildman–Crippen LogP) is 5.07. The van der Waals surface area contributed by atoms with Crippen LogP contribution in [0.2, 0.25) is 0 Å². The minimum Gasteiger partial charge on any atom is -0.326 e. The maximum absolute atomic E-state index is 12.5. The summed E-state index contributed by atoms with van der Waals surface area (Å²) in [5.74, 6) is 0.754. The van der Waals surface area contributed by atoms with Crippen molar-refractivity contribution >= 4 is 21.4 Å². The molecule has 34 heavy (non-hydrogen) atoms. The second-order valence-corrected chi connectivity index (χ2v) is 11.3. The van der Waals surface area contributed by atoms with Crippen molar-refractivity contribution in [2.45, 2.75) is 44.2 Å². The molecule has 6 heteroatoms. The van der Waals surface area contributed by atoms with Gasteiger partial charge in [-0.25, -0.2) is 8.42 Å². The molecule has 178 valence electrons. The molecule has 4 rings (SSSR count). The van der Waals surface area contributed by atoms with E-state index in [0.717, 1.165) is 36.8 Å². The molecule has 0 atom stereocenters. The van der Waals surface area contributed by atoms with Crippen molar-refractivity contribution in [3.8, 4) is 0 Å². The maximum atomic E-state index is 12.5. The molecule has 0 heterocycles. The SMILES string of the molecule is CCS(=O)(=O)c1ccc(CC(=O)Nc2ccc(CN(Cc3ccccc3)CC3CC3)cc2)cc1. The molecule has 1 amide bonds. The second-order valence-electron chi connectivity index (χ2n) is 9.07. The van der Waals surface area contributed by atoms with Crippen molar-refractivity contribution < 1.29 is 13.2 Å². The predicted molar refractivity (Wildman–Crippen MR) is 136 cm³/mol. The van der Waals surface area contributed by atoms with Crippen LogP contribution in [0, 0.1) is 5.92 Å². The Morgan fingerprint density at radius 1 is 0.853 bits per heavy atom. The third-order valence-corrected chi connectivity index (χ3v) is 7.88. The smallest absolute Gasteiger partial charge is 0.228 e. The van der Waals surface area contributed by atoms with Gasteiger partial charge in [0.1, 0.15) is 0 Å². The van der Waals surface area contributed by atoms with E-state index in [1.807, 2.05) is 18.2 Å². The minimum atomic E-state index is -3.23. The lowest BCUT2D eigenvalue weighted by Gasteiger charge is -2.22. The van der Waals surface area contributed by atoms with Gasteiger partial charge in [-0.2, -0.15) is 0 Å². The first-order chi connectivity index (χ1) is 16.4. The van der Waals surface area contributed by atoms with Crippen LogP contribution in [0.15, 0.2) is 83.8 Å². The van der Waals surface area contributed by atoms with E-state index < -0.39 is 9.84 Å². The summed E-state index contributed by atoms with van der Waals surface area (Å²) in [7, 11) is -3.23. The zero-order valence-corrected chi connectivity index (χ0v) is 20.4. The third-order valence-electron chi connectivity index (χ3n) is 6.13. The van der Waals surface area contributed by atoms with E-state index in [-0.39, 0.29) is 23.0 Å². The molecule has 1 N–H and O–H groups in total. The summed E-state index contributed by atoms with van der Waals surface area (Å²) in [5.41, 5.74) is 4.09. The fraction of sp³-hybridized carbons (Fsp3) is 0.321. The first-order valence-corrected chi connectivity index (χ1v) is 13.5. The number of carbonyl (C=O) groups excluding carboxylic acids is 1. The maximum Gasteiger partial charge on any atom is 0.228 e. The average Bonchev–Trinajstić information content (AvgIpc) is 3.65. The lowest BCUT2D eigenvalue weighted by molar-refractivity contribution is -0.115. The number of carbonyl (C=O) groups is 1. The molecule has 0 bridgehead atoms. The second kappa shape index (κ2) is 11.0. The highest BCUT2D eigenvalue weighted by molar-refractivity contribution is 7.91. The molecule has 0 aliphatic heterocycles. The molecular weight excluding hydrogens is 444 g/mol. The number of nitrogens with zero attached hydrogens (tertiary/aromatic N) is 1. The van der Waals surface area contributed by atoms with E-state index in [0.29, 0.717) is 0 Å². The van der Waals surface area contributed by atoms with Crippen molar-refractivity contribution in [2.24, 2.45) is 5.92 Å². The van der Waals surface area contributed by atoms with Gasteiger partial charge < -0.3 is 5.32 Å². The van der Waals surface area contributed by atoms with Crippen LogP contribution in [0.1, 0.15) is 36.5 Å². The molecular formula is C28H32N2O3S. The highest BCUT2D eigenvalue weighted by atomic mass is 32.2. The zero-order valence-electron chi connectivity index (χ0n) is 19.6. The van der Waals surface area contributed by atoms with Crippen LogP contribution in [0.25, 0.3) is 0 Å². The molecule has 1 saturated carbocycles. The number of rotatable bonds is 11. The van der Waals surface area contributed by atoms with E-state index in [4.69, 9.17) is 0 Å². The first-order valence-electron chi connectivity index (χ1n) is 11.9. The molecule has 0 unspecified atom stereocenters. The van der Waals surface area contributed by atoms with Crippen molar-refractivity contribution in [1.29, 1.82) is 0 Å². The van der Waals surface area contributed by atoms with E-state index >= 15 is 0 Å². The van der Waals surface area contributed by atoms with Crippen molar-refractivity contribution in [1.82, 2.24) is 4.90 Å². The number of nitrogens with one attached hydrogen (secondary N) is 1. The van der Waals surface area contributed by atoms with Crippen LogP contribution in [0.4, 0.5) is 5.69 Å². The first kappa shape index (κ1) is 24.2. The molecule has 0 radical (unpaired) electrons.